The zero-order chi connectivity index (χ0) is 7.11. The summed E-state index contributed by atoms with van der Waals surface area (Å²) in [6, 6.07) is 0. The Balaban J connectivity index is 3.53. The summed E-state index contributed by atoms with van der Waals surface area (Å²) < 4.78 is 0. The fraction of sp³-hybridized carbons (Fsp3) is 0.750. The van der Waals surface area contributed by atoms with Crippen molar-refractivity contribution in [2.75, 3.05) is 6.54 Å². The third-order valence-corrected chi connectivity index (χ3v) is 1.21. The Bertz CT molecular complexity index is 84.6. The van der Waals surface area contributed by atoms with Crippen LogP contribution in [0, 0.1) is 6.92 Å². The molecule has 0 atom stereocenters. The Morgan fingerprint density at radius 3 is 2.44 bits per heavy atom. The van der Waals surface area contributed by atoms with Crippen LogP contribution >= 0.6 is 0 Å². The van der Waals surface area contributed by atoms with Gasteiger partial charge in [0.05, 0.1) is 0 Å². The van der Waals surface area contributed by atoms with Crippen molar-refractivity contribution in [3.05, 3.63) is 6.92 Å². The van der Waals surface area contributed by atoms with Gasteiger partial charge >= 0.3 is 0 Å². The molecule has 0 aliphatic rings. The molecule has 0 bridgehead atoms. The van der Waals surface area contributed by atoms with Crippen LogP contribution in [-0.2, 0) is 0 Å². The molecule has 0 rings (SSSR count). The maximum absolute atomic E-state index is 4.29. The molecular formula is C8H16N. The molecule has 1 heteroatoms. The van der Waals surface area contributed by atoms with Gasteiger partial charge in [0.1, 0.15) is 0 Å². The molecule has 0 aromatic heterocycles. The Kier molecular flexibility index (Phi) is 5.59. The zero-order valence-electron chi connectivity index (χ0n) is 6.48. The molecule has 0 fully saturated rings. The molecule has 0 saturated heterocycles. The van der Waals surface area contributed by atoms with E-state index in [1.807, 2.05) is 0 Å². The SMILES string of the molecule is [CH2]C/C(CCC)=N\CC. The highest BCUT2D eigenvalue weighted by Gasteiger charge is 1.90. The van der Waals surface area contributed by atoms with Gasteiger partial charge < -0.3 is 0 Å². The molecule has 0 spiro atoms. The van der Waals surface area contributed by atoms with Gasteiger partial charge in [-0.25, -0.2) is 0 Å². The van der Waals surface area contributed by atoms with Gasteiger partial charge in [-0.15, -0.1) is 0 Å². The van der Waals surface area contributed by atoms with Crippen LogP contribution in [-0.4, -0.2) is 12.3 Å². The molecule has 0 amide bonds. The van der Waals surface area contributed by atoms with E-state index < -0.39 is 0 Å². The van der Waals surface area contributed by atoms with Crippen LogP contribution in [0.1, 0.15) is 33.1 Å². The Hall–Kier alpha value is -0.330. The number of nitrogens with zero attached hydrogens (tertiary/aromatic N) is 1. The van der Waals surface area contributed by atoms with Gasteiger partial charge in [0, 0.05) is 12.3 Å². The number of rotatable bonds is 4. The fourth-order valence-electron chi connectivity index (χ4n) is 0.795. The van der Waals surface area contributed by atoms with Crippen molar-refractivity contribution < 1.29 is 0 Å². The monoisotopic (exact) mass is 126 g/mol. The molecule has 0 aliphatic carbocycles. The lowest BCUT2D eigenvalue weighted by atomic mass is 10.2. The summed E-state index contributed by atoms with van der Waals surface area (Å²) in [4.78, 5) is 4.29. The van der Waals surface area contributed by atoms with Gasteiger partial charge in [-0.1, -0.05) is 13.3 Å². The standard InChI is InChI=1S/C8H16N/c1-4-7-8(5-2)9-6-3/h2,4-7H2,1,3H3/b9-8+. The summed E-state index contributed by atoms with van der Waals surface area (Å²) in [5, 5.41) is 0. The van der Waals surface area contributed by atoms with Gasteiger partial charge in [0.2, 0.25) is 0 Å². The second-order valence-corrected chi connectivity index (χ2v) is 2.04. The average Bonchev–Trinajstić information content (AvgIpc) is 1.88. The van der Waals surface area contributed by atoms with Gasteiger partial charge in [0.15, 0.2) is 0 Å². The van der Waals surface area contributed by atoms with E-state index in [2.05, 4.69) is 25.8 Å². The Morgan fingerprint density at radius 2 is 2.11 bits per heavy atom. The number of aliphatic imine (C=N–C) groups is 1. The van der Waals surface area contributed by atoms with Crippen molar-refractivity contribution in [1.82, 2.24) is 0 Å². The van der Waals surface area contributed by atoms with Gasteiger partial charge in [-0.2, -0.15) is 0 Å². The van der Waals surface area contributed by atoms with Crippen molar-refractivity contribution >= 4 is 5.71 Å². The normalized spacial score (nSPS) is 12.1. The predicted octanol–water partition coefficient (Wildman–Crippen LogP) is 2.47. The van der Waals surface area contributed by atoms with E-state index in [9.17, 15) is 0 Å². The fourth-order valence-corrected chi connectivity index (χ4v) is 0.795. The molecule has 0 heterocycles. The smallest absolute Gasteiger partial charge is 0.0360 e. The van der Waals surface area contributed by atoms with Crippen LogP contribution in [0.4, 0.5) is 0 Å². The van der Waals surface area contributed by atoms with Crippen molar-refractivity contribution in [2.45, 2.75) is 33.1 Å². The van der Waals surface area contributed by atoms with E-state index in [-0.39, 0.29) is 0 Å². The summed E-state index contributed by atoms with van der Waals surface area (Å²) in [6.45, 7) is 8.93. The summed E-state index contributed by atoms with van der Waals surface area (Å²) in [5.74, 6) is 0. The topological polar surface area (TPSA) is 12.4 Å². The first kappa shape index (κ1) is 8.67. The van der Waals surface area contributed by atoms with Gasteiger partial charge in [0.25, 0.3) is 0 Å². The first-order valence-corrected chi connectivity index (χ1v) is 3.66. The minimum absolute atomic E-state index is 0.877. The largest absolute Gasteiger partial charge is 0.294 e. The van der Waals surface area contributed by atoms with E-state index >= 15 is 0 Å². The van der Waals surface area contributed by atoms with Crippen LogP contribution in [0.5, 0.6) is 0 Å². The van der Waals surface area contributed by atoms with E-state index in [4.69, 9.17) is 0 Å². The second-order valence-electron chi connectivity index (χ2n) is 2.04. The molecule has 9 heavy (non-hydrogen) atoms. The van der Waals surface area contributed by atoms with E-state index in [1.54, 1.807) is 0 Å². The van der Waals surface area contributed by atoms with Crippen molar-refractivity contribution in [3.8, 4) is 0 Å². The molecule has 1 nitrogen and oxygen atoms in total. The molecule has 0 aromatic carbocycles. The highest BCUT2D eigenvalue weighted by Crippen LogP contribution is 1.95. The lowest BCUT2D eigenvalue weighted by Gasteiger charge is -1.98. The first-order valence-electron chi connectivity index (χ1n) is 3.66. The van der Waals surface area contributed by atoms with Gasteiger partial charge in [-0.05, 0) is 26.7 Å². The first-order chi connectivity index (χ1) is 4.35. The quantitative estimate of drug-likeness (QED) is 0.513. The lowest BCUT2D eigenvalue weighted by molar-refractivity contribution is 0.958. The third kappa shape index (κ3) is 4.19. The van der Waals surface area contributed by atoms with Crippen LogP contribution in [0.25, 0.3) is 0 Å². The summed E-state index contributed by atoms with van der Waals surface area (Å²) in [5.41, 5.74) is 1.26. The maximum atomic E-state index is 4.29. The molecule has 0 N–H and O–H groups in total. The molecule has 53 valence electrons. The van der Waals surface area contributed by atoms with Crippen molar-refractivity contribution in [2.24, 2.45) is 4.99 Å². The summed E-state index contributed by atoms with van der Waals surface area (Å²) in [7, 11) is 0. The van der Waals surface area contributed by atoms with Crippen molar-refractivity contribution in [3.63, 3.8) is 0 Å². The maximum Gasteiger partial charge on any atom is 0.0360 e. The summed E-state index contributed by atoms with van der Waals surface area (Å²) in [6.07, 6.45) is 3.19. The van der Waals surface area contributed by atoms with Crippen LogP contribution < -0.4 is 0 Å². The summed E-state index contributed by atoms with van der Waals surface area (Å²) >= 11 is 0. The average molecular weight is 126 g/mol. The number of hydrogen-bond acceptors (Lipinski definition) is 1. The second kappa shape index (κ2) is 5.80. The van der Waals surface area contributed by atoms with E-state index in [1.165, 1.54) is 12.1 Å². The molecule has 0 aliphatic heterocycles. The van der Waals surface area contributed by atoms with Gasteiger partial charge in [-0.3, -0.25) is 4.99 Å². The Labute approximate surface area is 58.2 Å². The van der Waals surface area contributed by atoms with E-state index in [0.29, 0.717) is 0 Å². The van der Waals surface area contributed by atoms with Crippen molar-refractivity contribution in [1.29, 1.82) is 0 Å². The minimum atomic E-state index is 0.877. The lowest BCUT2D eigenvalue weighted by Crippen LogP contribution is -1.95. The van der Waals surface area contributed by atoms with E-state index in [0.717, 1.165) is 19.4 Å². The van der Waals surface area contributed by atoms with Crippen LogP contribution in [0.2, 0.25) is 0 Å². The molecule has 1 radical (unpaired) electrons. The zero-order valence-corrected chi connectivity index (χ0v) is 6.48. The molecule has 0 unspecified atom stereocenters. The minimum Gasteiger partial charge on any atom is -0.294 e. The third-order valence-electron chi connectivity index (χ3n) is 1.21. The highest BCUT2D eigenvalue weighted by atomic mass is 14.7. The van der Waals surface area contributed by atoms with Crippen LogP contribution in [0.3, 0.4) is 0 Å². The molecule has 0 saturated carbocycles. The molecule has 0 aromatic rings. The highest BCUT2D eigenvalue weighted by molar-refractivity contribution is 5.84. The molecular weight excluding hydrogens is 110 g/mol. The Morgan fingerprint density at radius 1 is 1.44 bits per heavy atom. The number of hydrogen-bond donors (Lipinski definition) is 0. The van der Waals surface area contributed by atoms with Crippen LogP contribution in [0.15, 0.2) is 4.99 Å². The predicted molar refractivity (Wildman–Crippen MR) is 42.9 cm³/mol.